The molecule has 2 amide bonds. The topological polar surface area (TPSA) is 96.1 Å². The summed E-state index contributed by atoms with van der Waals surface area (Å²) in [5.41, 5.74) is 5.23. The van der Waals surface area contributed by atoms with E-state index in [0.717, 1.165) is 31.3 Å². The van der Waals surface area contributed by atoms with Crippen molar-refractivity contribution in [3.63, 3.8) is 0 Å². The van der Waals surface area contributed by atoms with E-state index < -0.39 is 12.5 Å². The van der Waals surface area contributed by atoms with Gasteiger partial charge in [0.1, 0.15) is 5.75 Å². The molecular formula is C38H37ClF2N6O4. The van der Waals surface area contributed by atoms with E-state index in [0.29, 0.717) is 64.2 Å². The van der Waals surface area contributed by atoms with Crippen molar-refractivity contribution >= 4 is 34.8 Å². The van der Waals surface area contributed by atoms with Crippen molar-refractivity contribution in [3.8, 4) is 17.0 Å². The molecule has 0 unspecified atom stereocenters. The highest BCUT2D eigenvalue weighted by Gasteiger charge is 2.34. The Morgan fingerprint density at radius 1 is 1.00 bits per heavy atom. The Bertz CT molecular complexity index is 2070. The number of phenolic OH excluding ortho intramolecular Hbond substituents is 1. The van der Waals surface area contributed by atoms with Gasteiger partial charge in [-0.1, -0.05) is 35.9 Å². The van der Waals surface area contributed by atoms with Gasteiger partial charge in [-0.2, -0.15) is 13.9 Å². The second-order valence-corrected chi connectivity index (χ2v) is 13.3. The molecule has 1 atom stereocenters. The Morgan fingerprint density at radius 2 is 1.73 bits per heavy atom. The summed E-state index contributed by atoms with van der Waals surface area (Å²) in [5.74, 6) is -0.677. The van der Waals surface area contributed by atoms with Crippen LogP contribution in [0.4, 0.5) is 20.2 Å². The number of benzene rings is 3. The third-order valence-corrected chi connectivity index (χ3v) is 10.0. The minimum Gasteiger partial charge on any atom is -0.508 e. The molecule has 0 spiro atoms. The fourth-order valence-electron chi connectivity index (χ4n) is 6.97. The maximum atomic E-state index is 14.7. The SMILES string of the molecule is Cc1c(C(=O)N(c2ccc(O)cc2)c2cnn(C(F)F)c2)cc(-c2cc(Cl)ccc2C(=O)N2Cc3ccccc3C[C@H]2CN2CCOCC2)n1C. The number of fused-ring (bicyclic) bond motifs is 1. The summed E-state index contributed by atoms with van der Waals surface area (Å²) in [4.78, 5) is 34.7. The van der Waals surface area contributed by atoms with Crippen LogP contribution in [-0.2, 0) is 24.8 Å². The number of amides is 2. The summed E-state index contributed by atoms with van der Waals surface area (Å²) in [5, 5.41) is 14.1. The second-order valence-electron chi connectivity index (χ2n) is 12.9. The lowest BCUT2D eigenvalue weighted by Gasteiger charge is -2.40. The summed E-state index contributed by atoms with van der Waals surface area (Å²) < 4.78 is 34.9. The maximum absolute atomic E-state index is 14.7. The number of alkyl halides is 2. The number of carbonyl (C=O) groups is 2. The largest absolute Gasteiger partial charge is 0.508 e. The molecule has 5 aromatic rings. The molecule has 1 N–H and O–H groups in total. The number of aromatic nitrogens is 3. The van der Waals surface area contributed by atoms with E-state index in [2.05, 4.69) is 22.1 Å². The predicted octanol–water partition coefficient (Wildman–Crippen LogP) is 6.83. The third kappa shape index (κ3) is 6.86. The fourth-order valence-corrected chi connectivity index (χ4v) is 7.14. The molecule has 1 fully saturated rings. The summed E-state index contributed by atoms with van der Waals surface area (Å²) in [6.45, 7) is 2.96. The Labute approximate surface area is 299 Å². The summed E-state index contributed by atoms with van der Waals surface area (Å²) in [7, 11) is 1.80. The average molecular weight is 715 g/mol. The molecule has 10 nitrogen and oxygen atoms in total. The molecule has 1 saturated heterocycles. The van der Waals surface area contributed by atoms with Crippen molar-refractivity contribution < 1.29 is 28.2 Å². The van der Waals surface area contributed by atoms with E-state index in [9.17, 15) is 23.5 Å². The number of ether oxygens (including phenoxy) is 1. The van der Waals surface area contributed by atoms with Gasteiger partial charge in [0.2, 0.25) is 0 Å². The number of nitrogens with zero attached hydrogens (tertiary/aromatic N) is 6. The Balaban J connectivity index is 1.27. The molecule has 0 saturated carbocycles. The fraction of sp³-hybridized carbons (Fsp3) is 0.289. The molecule has 7 rings (SSSR count). The average Bonchev–Trinajstić information content (AvgIpc) is 3.74. The quantitative estimate of drug-likeness (QED) is 0.189. The van der Waals surface area contributed by atoms with Gasteiger partial charge in [-0.3, -0.25) is 19.4 Å². The minimum absolute atomic E-state index is 0.0184. The molecule has 2 aromatic heterocycles. The second kappa shape index (κ2) is 14.3. The van der Waals surface area contributed by atoms with E-state index in [-0.39, 0.29) is 28.9 Å². The zero-order valence-corrected chi connectivity index (χ0v) is 28.9. The van der Waals surface area contributed by atoms with E-state index in [1.807, 2.05) is 21.6 Å². The number of carbonyl (C=O) groups excluding carboxylic acids is 2. The molecule has 0 bridgehead atoms. The number of phenols is 1. The Morgan fingerprint density at radius 3 is 2.43 bits per heavy atom. The van der Waals surface area contributed by atoms with Crippen LogP contribution < -0.4 is 4.90 Å². The Hall–Kier alpha value is -5.04. The van der Waals surface area contributed by atoms with Gasteiger partial charge < -0.3 is 19.3 Å². The third-order valence-electron chi connectivity index (χ3n) is 9.80. The van der Waals surface area contributed by atoms with Crippen LogP contribution in [-0.4, -0.2) is 80.0 Å². The van der Waals surface area contributed by atoms with Gasteiger partial charge in [0.15, 0.2) is 0 Å². The van der Waals surface area contributed by atoms with Crippen molar-refractivity contribution in [2.75, 3.05) is 37.7 Å². The lowest BCUT2D eigenvalue weighted by Crippen LogP contribution is -2.52. The number of hydrogen-bond donors (Lipinski definition) is 1. The monoisotopic (exact) mass is 714 g/mol. The highest BCUT2D eigenvalue weighted by atomic mass is 35.5. The number of halogens is 3. The van der Waals surface area contributed by atoms with Crippen molar-refractivity contribution in [1.29, 1.82) is 0 Å². The van der Waals surface area contributed by atoms with Crippen LogP contribution in [0.2, 0.25) is 5.02 Å². The molecular weight excluding hydrogens is 678 g/mol. The first-order valence-electron chi connectivity index (χ1n) is 16.7. The van der Waals surface area contributed by atoms with Crippen molar-refractivity contribution in [2.45, 2.75) is 32.5 Å². The standard InChI is InChI=1S/C38H37ClF2N6O4/c1-24-33(37(50)47(28-8-10-31(48)11-9-28)30-20-42-46(23-30)38(40)41)19-35(43(24)2)34-18-27(39)7-12-32(34)36(49)45-21-26-6-4-3-5-25(26)17-29(45)22-44-13-15-51-16-14-44/h3-12,18-20,23,29,38,48H,13-17,21-22H2,1-2H3/t29-/m0/s1. The number of anilines is 2. The molecule has 2 aliphatic heterocycles. The van der Waals surface area contributed by atoms with Gasteiger partial charge in [0.25, 0.3) is 11.8 Å². The molecule has 4 heterocycles. The molecule has 13 heteroatoms. The molecule has 264 valence electrons. The van der Waals surface area contributed by atoms with Crippen molar-refractivity contribution in [1.82, 2.24) is 24.1 Å². The van der Waals surface area contributed by atoms with Crippen LogP contribution >= 0.6 is 11.6 Å². The molecule has 3 aromatic carbocycles. The van der Waals surface area contributed by atoms with E-state index in [1.165, 1.54) is 40.9 Å². The molecule has 2 aliphatic rings. The molecule has 51 heavy (non-hydrogen) atoms. The maximum Gasteiger partial charge on any atom is 0.333 e. The zero-order valence-electron chi connectivity index (χ0n) is 28.2. The molecule has 0 radical (unpaired) electrons. The first-order chi connectivity index (χ1) is 24.6. The van der Waals surface area contributed by atoms with Gasteiger partial charge in [-0.15, -0.1) is 0 Å². The van der Waals surface area contributed by atoms with E-state index in [1.54, 1.807) is 38.2 Å². The van der Waals surface area contributed by atoms with Crippen molar-refractivity contribution in [2.24, 2.45) is 7.05 Å². The number of aromatic hydroxyl groups is 1. The lowest BCUT2D eigenvalue weighted by atomic mass is 9.92. The number of morpholine rings is 1. The van der Waals surface area contributed by atoms with Crippen LogP contribution in [0.1, 0.15) is 44.1 Å². The normalized spacial score (nSPS) is 16.4. The first-order valence-corrected chi connectivity index (χ1v) is 17.1. The molecule has 0 aliphatic carbocycles. The smallest absolute Gasteiger partial charge is 0.333 e. The van der Waals surface area contributed by atoms with Crippen LogP contribution in [0.15, 0.2) is 85.2 Å². The first kappa shape index (κ1) is 34.4. The van der Waals surface area contributed by atoms with Gasteiger partial charge in [0.05, 0.1) is 36.9 Å². The van der Waals surface area contributed by atoms with Gasteiger partial charge in [-0.25, -0.2) is 4.68 Å². The minimum atomic E-state index is -2.90. The van der Waals surface area contributed by atoms with Gasteiger partial charge in [-0.05, 0) is 73.0 Å². The van der Waals surface area contributed by atoms with Gasteiger partial charge in [0, 0.05) is 72.5 Å². The zero-order chi connectivity index (χ0) is 35.8. The number of rotatable bonds is 8. The van der Waals surface area contributed by atoms with E-state index in [4.69, 9.17) is 16.3 Å². The number of hydrogen-bond acceptors (Lipinski definition) is 6. The summed E-state index contributed by atoms with van der Waals surface area (Å²) >= 11 is 6.58. The van der Waals surface area contributed by atoms with Crippen LogP contribution in [0.5, 0.6) is 5.75 Å². The lowest BCUT2D eigenvalue weighted by molar-refractivity contribution is 0.0193. The van der Waals surface area contributed by atoms with Crippen LogP contribution in [0.3, 0.4) is 0 Å². The highest BCUT2D eigenvalue weighted by Crippen LogP contribution is 2.36. The summed E-state index contributed by atoms with van der Waals surface area (Å²) in [6, 6.07) is 20.8. The summed E-state index contributed by atoms with van der Waals surface area (Å²) in [6.07, 6.45) is 3.00. The van der Waals surface area contributed by atoms with Crippen LogP contribution in [0, 0.1) is 6.92 Å². The predicted molar refractivity (Wildman–Crippen MR) is 190 cm³/mol. The highest BCUT2D eigenvalue weighted by molar-refractivity contribution is 6.31. The van der Waals surface area contributed by atoms with Crippen molar-refractivity contribution in [3.05, 3.63) is 118 Å². The van der Waals surface area contributed by atoms with Crippen LogP contribution in [0.25, 0.3) is 11.3 Å². The van der Waals surface area contributed by atoms with Gasteiger partial charge >= 0.3 is 6.55 Å². The van der Waals surface area contributed by atoms with E-state index >= 15 is 0 Å². The Kier molecular flexibility index (Phi) is 9.65.